The van der Waals surface area contributed by atoms with Crippen LogP contribution in [0.25, 0.3) is 0 Å². The Bertz CT molecular complexity index is 549. The Kier molecular flexibility index (Phi) is 5.02. The molecular weight excluding hydrogens is 248 g/mol. The molecule has 0 aliphatic rings. The molecule has 2 aromatic carbocycles. The van der Waals surface area contributed by atoms with Crippen molar-refractivity contribution in [2.24, 2.45) is 0 Å². The minimum absolute atomic E-state index is 0.698. The number of methoxy groups -OCH3 is 1. The molecule has 0 amide bonds. The monoisotopic (exact) mass is 270 g/mol. The first-order chi connectivity index (χ1) is 9.69. The average Bonchev–Trinajstić information content (AvgIpc) is 2.46. The van der Waals surface area contributed by atoms with Crippen molar-refractivity contribution in [1.82, 2.24) is 5.32 Å². The van der Waals surface area contributed by atoms with Crippen LogP contribution in [0.3, 0.4) is 0 Å². The quantitative estimate of drug-likeness (QED) is 0.627. The lowest BCUT2D eigenvalue weighted by molar-refractivity contribution is 0.417. The van der Waals surface area contributed by atoms with Gasteiger partial charge in [0.25, 0.3) is 0 Å². The summed E-state index contributed by atoms with van der Waals surface area (Å²) in [5.41, 5.74) is 10.4. The fourth-order valence-corrected chi connectivity index (χ4v) is 2.11. The minimum Gasteiger partial charge on any atom is -0.495 e. The first kappa shape index (κ1) is 14.4. The lowest BCUT2D eigenvalue weighted by Gasteiger charge is -2.08. The maximum atomic E-state index is 5.90. The first-order valence-electron chi connectivity index (χ1n) is 6.87. The van der Waals surface area contributed by atoms with Crippen LogP contribution < -0.4 is 15.8 Å². The molecule has 106 valence electrons. The van der Waals surface area contributed by atoms with E-state index in [9.17, 15) is 0 Å². The van der Waals surface area contributed by atoms with Crippen LogP contribution in [0.15, 0.2) is 42.5 Å². The van der Waals surface area contributed by atoms with Crippen molar-refractivity contribution in [3.05, 3.63) is 59.2 Å². The predicted octanol–water partition coefficient (Wildman–Crippen LogP) is 2.92. The summed E-state index contributed by atoms with van der Waals surface area (Å²) < 4.78 is 5.15. The Labute approximate surface area is 120 Å². The molecule has 0 aliphatic heterocycles. The van der Waals surface area contributed by atoms with Crippen molar-refractivity contribution in [3.63, 3.8) is 0 Å². The molecule has 0 aliphatic carbocycles. The highest BCUT2D eigenvalue weighted by atomic mass is 16.5. The van der Waals surface area contributed by atoms with E-state index >= 15 is 0 Å². The van der Waals surface area contributed by atoms with E-state index in [0.29, 0.717) is 5.69 Å². The van der Waals surface area contributed by atoms with Crippen LogP contribution in [0.2, 0.25) is 0 Å². The predicted molar refractivity (Wildman–Crippen MR) is 84.0 cm³/mol. The van der Waals surface area contributed by atoms with Crippen molar-refractivity contribution in [3.8, 4) is 5.75 Å². The molecule has 0 unspecified atom stereocenters. The van der Waals surface area contributed by atoms with Gasteiger partial charge in [-0.1, -0.05) is 35.9 Å². The van der Waals surface area contributed by atoms with Crippen LogP contribution in [0.4, 0.5) is 5.69 Å². The number of benzene rings is 2. The van der Waals surface area contributed by atoms with Crippen molar-refractivity contribution in [2.45, 2.75) is 19.9 Å². The molecule has 3 nitrogen and oxygen atoms in total. The second-order valence-corrected chi connectivity index (χ2v) is 4.99. The van der Waals surface area contributed by atoms with Gasteiger partial charge in [0.1, 0.15) is 5.75 Å². The van der Waals surface area contributed by atoms with Gasteiger partial charge >= 0.3 is 0 Å². The molecule has 0 saturated carbocycles. The van der Waals surface area contributed by atoms with E-state index in [1.165, 1.54) is 16.7 Å². The zero-order valence-corrected chi connectivity index (χ0v) is 12.1. The van der Waals surface area contributed by atoms with Gasteiger partial charge in [-0.2, -0.15) is 0 Å². The zero-order chi connectivity index (χ0) is 14.4. The zero-order valence-electron chi connectivity index (χ0n) is 12.1. The summed E-state index contributed by atoms with van der Waals surface area (Å²) in [7, 11) is 1.63. The van der Waals surface area contributed by atoms with Gasteiger partial charge in [0, 0.05) is 6.54 Å². The molecule has 3 N–H and O–H groups in total. The Morgan fingerprint density at radius 3 is 2.40 bits per heavy atom. The molecule has 2 rings (SSSR count). The van der Waals surface area contributed by atoms with E-state index in [1.807, 2.05) is 12.1 Å². The number of ether oxygens (including phenoxy) is 1. The number of rotatable bonds is 6. The molecule has 2 aromatic rings. The molecule has 0 heterocycles. The van der Waals surface area contributed by atoms with Gasteiger partial charge in [0.05, 0.1) is 12.8 Å². The second-order valence-electron chi connectivity index (χ2n) is 4.99. The standard InChI is InChI=1S/C17H22N2O/c1-13-3-5-15(6-4-13)12-19-10-9-14-7-8-17(20-2)16(18)11-14/h3-8,11,19H,9-10,12,18H2,1-2H3. The number of nitrogens with two attached hydrogens (primary N) is 1. The number of nitrogens with one attached hydrogen (secondary N) is 1. The van der Waals surface area contributed by atoms with E-state index in [0.717, 1.165) is 25.3 Å². The number of aryl methyl sites for hydroxylation is 1. The SMILES string of the molecule is COc1ccc(CCNCc2ccc(C)cc2)cc1N. The Morgan fingerprint density at radius 1 is 1.05 bits per heavy atom. The maximum absolute atomic E-state index is 5.90. The molecule has 0 atom stereocenters. The number of hydrogen-bond acceptors (Lipinski definition) is 3. The van der Waals surface area contributed by atoms with Gasteiger partial charge in [-0.3, -0.25) is 0 Å². The largest absolute Gasteiger partial charge is 0.495 e. The lowest BCUT2D eigenvalue weighted by atomic mass is 10.1. The smallest absolute Gasteiger partial charge is 0.141 e. The Morgan fingerprint density at radius 2 is 1.75 bits per heavy atom. The van der Waals surface area contributed by atoms with Crippen LogP contribution >= 0.6 is 0 Å². The third-order valence-electron chi connectivity index (χ3n) is 3.33. The van der Waals surface area contributed by atoms with Gasteiger partial charge in [-0.15, -0.1) is 0 Å². The maximum Gasteiger partial charge on any atom is 0.141 e. The van der Waals surface area contributed by atoms with Crippen LogP contribution in [-0.4, -0.2) is 13.7 Å². The summed E-state index contributed by atoms with van der Waals surface area (Å²) in [6.07, 6.45) is 0.958. The van der Waals surface area contributed by atoms with Gasteiger partial charge in [0.15, 0.2) is 0 Å². The van der Waals surface area contributed by atoms with E-state index in [2.05, 4.69) is 42.6 Å². The Balaban J connectivity index is 1.78. The molecule has 0 aromatic heterocycles. The van der Waals surface area contributed by atoms with Crippen molar-refractivity contribution < 1.29 is 4.74 Å². The van der Waals surface area contributed by atoms with E-state index in [-0.39, 0.29) is 0 Å². The number of hydrogen-bond donors (Lipinski definition) is 2. The summed E-state index contributed by atoms with van der Waals surface area (Å²) in [5, 5.41) is 3.45. The van der Waals surface area contributed by atoms with Crippen molar-refractivity contribution in [1.29, 1.82) is 0 Å². The third kappa shape index (κ3) is 4.00. The number of anilines is 1. The Hall–Kier alpha value is -2.00. The molecule has 0 bridgehead atoms. The highest BCUT2D eigenvalue weighted by molar-refractivity contribution is 5.54. The molecule has 3 heteroatoms. The normalized spacial score (nSPS) is 10.5. The van der Waals surface area contributed by atoms with Gasteiger partial charge in [-0.05, 0) is 43.1 Å². The van der Waals surface area contributed by atoms with Crippen LogP contribution in [-0.2, 0) is 13.0 Å². The highest BCUT2D eigenvalue weighted by Crippen LogP contribution is 2.21. The number of nitrogen functional groups attached to an aromatic ring is 1. The summed E-state index contributed by atoms with van der Waals surface area (Å²) in [5.74, 6) is 0.737. The van der Waals surface area contributed by atoms with E-state index in [1.54, 1.807) is 7.11 Å². The molecule has 0 fully saturated rings. The fraction of sp³-hybridized carbons (Fsp3) is 0.294. The van der Waals surface area contributed by atoms with Crippen LogP contribution in [0.1, 0.15) is 16.7 Å². The fourth-order valence-electron chi connectivity index (χ4n) is 2.11. The summed E-state index contributed by atoms with van der Waals surface area (Å²) in [6.45, 7) is 3.93. The molecule has 0 radical (unpaired) electrons. The summed E-state index contributed by atoms with van der Waals surface area (Å²) >= 11 is 0. The molecule has 0 spiro atoms. The summed E-state index contributed by atoms with van der Waals surface area (Å²) in [6, 6.07) is 14.6. The van der Waals surface area contributed by atoms with Crippen molar-refractivity contribution in [2.75, 3.05) is 19.4 Å². The molecule has 20 heavy (non-hydrogen) atoms. The first-order valence-corrected chi connectivity index (χ1v) is 6.87. The topological polar surface area (TPSA) is 47.3 Å². The summed E-state index contributed by atoms with van der Waals surface area (Å²) in [4.78, 5) is 0. The van der Waals surface area contributed by atoms with E-state index in [4.69, 9.17) is 10.5 Å². The minimum atomic E-state index is 0.698. The second kappa shape index (κ2) is 6.96. The van der Waals surface area contributed by atoms with E-state index < -0.39 is 0 Å². The van der Waals surface area contributed by atoms with Gasteiger partial charge in [-0.25, -0.2) is 0 Å². The van der Waals surface area contributed by atoms with Crippen LogP contribution in [0, 0.1) is 6.92 Å². The van der Waals surface area contributed by atoms with Gasteiger partial charge in [0.2, 0.25) is 0 Å². The van der Waals surface area contributed by atoms with Gasteiger partial charge < -0.3 is 15.8 Å². The average molecular weight is 270 g/mol. The lowest BCUT2D eigenvalue weighted by Crippen LogP contribution is -2.16. The molecule has 0 saturated heterocycles. The third-order valence-corrected chi connectivity index (χ3v) is 3.33. The van der Waals surface area contributed by atoms with Crippen molar-refractivity contribution >= 4 is 5.69 Å². The highest BCUT2D eigenvalue weighted by Gasteiger charge is 2.00. The molecular formula is C17H22N2O. The van der Waals surface area contributed by atoms with Crippen LogP contribution in [0.5, 0.6) is 5.75 Å².